The average Bonchev–Trinajstić information content (AvgIpc) is 2.57. The standard InChI is InChI=1S/C17H20FN3O2/c1-23-11-10-20-17(22)14-4-7-16(21-12-14)19-9-8-13-2-5-15(18)6-3-13/h2-7,12H,8-11H2,1H3,(H,19,21)(H,20,22). The predicted molar refractivity (Wildman–Crippen MR) is 87.0 cm³/mol. The van der Waals surface area contributed by atoms with Gasteiger partial charge in [0, 0.05) is 26.4 Å². The molecule has 2 aromatic rings. The lowest BCUT2D eigenvalue weighted by Gasteiger charge is -2.07. The molecule has 5 nitrogen and oxygen atoms in total. The Balaban J connectivity index is 1.78. The molecule has 0 aliphatic carbocycles. The molecule has 0 radical (unpaired) electrons. The molecular weight excluding hydrogens is 297 g/mol. The Kier molecular flexibility index (Phi) is 6.50. The minimum atomic E-state index is -0.234. The van der Waals surface area contributed by atoms with E-state index in [9.17, 15) is 9.18 Å². The number of hydrogen-bond donors (Lipinski definition) is 2. The summed E-state index contributed by atoms with van der Waals surface area (Å²) in [7, 11) is 1.58. The van der Waals surface area contributed by atoms with Gasteiger partial charge in [-0.1, -0.05) is 12.1 Å². The molecule has 0 spiro atoms. The number of nitrogens with zero attached hydrogens (tertiary/aromatic N) is 1. The van der Waals surface area contributed by atoms with Crippen molar-refractivity contribution < 1.29 is 13.9 Å². The fourth-order valence-electron chi connectivity index (χ4n) is 1.99. The zero-order valence-corrected chi connectivity index (χ0v) is 13.0. The third-order valence-corrected chi connectivity index (χ3v) is 3.25. The molecule has 23 heavy (non-hydrogen) atoms. The van der Waals surface area contributed by atoms with Crippen LogP contribution in [0, 0.1) is 5.82 Å². The molecule has 2 N–H and O–H groups in total. The van der Waals surface area contributed by atoms with Crippen LogP contribution in [0.4, 0.5) is 10.2 Å². The Morgan fingerprint density at radius 2 is 1.96 bits per heavy atom. The normalized spacial score (nSPS) is 10.3. The summed E-state index contributed by atoms with van der Waals surface area (Å²) in [4.78, 5) is 16.0. The van der Waals surface area contributed by atoms with Gasteiger partial charge in [0.2, 0.25) is 0 Å². The monoisotopic (exact) mass is 317 g/mol. The van der Waals surface area contributed by atoms with Crippen molar-refractivity contribution in [2.45, 2.75) is 6.42 Å². The smallest absolute Gasteiger partial charge is 0.252 e. The van der Waals surface area contributed by atoms with Crippen LogP contribution in [0.25, 0.3) is 0 Å². The molecule has 0 bridgehead atoms. The van der Waals surface area contributed by atoms with Crippen LogP contribution >= 0.6 is 0 Å². The van der Waals surface area contributed by atoms with Crippen LogP contribution in [-0.4, -0.2) is 37.7 Å². The van der Waals surface area contributed by atoms with Crippen LogP contribution in [0.5, 0.6) is 0 Å². The summed E-state index contributed by atoms with van der Waals surface area (Å²) in [6.45, 7) is 1.62. The van der Waals surface area contributed by atoms with Gasteiger partial charge < -0.3 is 15.4 Å². The van der Waals surface area contributed by atoms with Gasteiger partial charge in [0.25, 0.3) is 5.91 Å². The van der Waals surface area contributed by atoms with Gasteiger partial charge in [-0.25, -0.2) is 9.37 Å². The van der Waals surface area contributed by atoms with E-state index in [0.29, 0.717) is 31.1 Å². The molecule has 122 valence electrons. The molecule has 0 saturated heterocycles. The van der Waals surface area contributed by atoms with E-state index in [0.717, 1.165) is 12.0 Å². The van der Waals surface area contributed by atoms with Crippen LogP contribution < -0.4 is 10.6 Å². The van der Waals surface area contributed by atoms with E-state index >= 15 is 0 Å². The van der Waals surface area contributed by atoms with E-state index in [-0.39, 0.29) is 11.7 Å². The number of benzene rings is 1. The molecular formula is C17H20FN3O2. The second kappa shape index (κ2) is 8.85. The molecule has 0 aliphatic heterocycles. The van der Waals surface area contributed by atoms with E-state index in [1.807, 2.05) is 0 Å². The van der Waals surface area contributed by atoms with E-state index in [2.05, 4.69) is 15.6 Å². The van der Waals surface area contributed by atoms with Crippen molar-refractivity contribution in [2.24, 2.45) is 0 Å². The van der Waals surface area contributed by atoms with Crippen molar-refractivity contribution in [3.63, 3.8) is 0 Å². The van der Waals surface area contributed by atoms with Gasteiger partial charge in [-0.05, 0) is 36.2 Å². The van der Waals surface area contributed by atoms with Gasteiger partial charge in [0.15, 0.2) is 0 Å². The Bertz CT molecular complexity index is 615. The quantitative estimate of drug-likeness (QED) is 0.733. The number of halogens is 1. The largest absolute Gasteiger partial charge is 0.383 e. The molecule has 2 rings (SSSR count). The molecule has 1 aromatic heterocycles. The summed E-state index contributed by atoms with van der Waals surface area (Å²) in [6, 6.07) is 9.90. The summed E-state index contributed by atoms with van der Waals surface area (Å²) in [6.07, 6.45) is 2.30. The first kappa shape index (κ1) is 16.9. The minimum absolute atomic E-state index is 0.174. The number of methoxy groups -OCH3 is 1. The van der Waals surface area contributed by atoms with Crippen molar-refractivity contribution in [1.29, 1.82) is 0 Å². The minimum Gasteiger partial charge on any atom is -0.383 e. The first-order chi connectivity index (χ1) is 11.2. The number of aromatic nitrogens is 1. The summed E-state index contributed by atoms with van der Waals surface area (Å²) in [5, 5.41) is 5.90. The topological polar surface area (TPSA) is 63.2 Å². The molecule has 1 heterocycles. The number of anilines is 1. The zero-order valence-electron chi connectivity index (χ0n) is 13.0. The van der Waals surface area contributed by atoms with Crippen LogP contribution in [0.3, 0.4) is 0 Å². The van der Waals surface area contributed by atoms with E-state index < -0.39 is 0 Å². The van der Waals surface area contributed by atoms with Crippen LogP contribution in [0.2, 0.25) is 0 Å². The summed E-state index contributed by atoms with van der Waals surface area (Å²) < 4.78 is 17.7. The number of ether oxygens (including phenoxy) is 1. The SMILES string of the molecule is COCCNC(=O)c1ccc(NCCc2ccc(F)cc2)nc1. The van der Waals surface area contributed by atoms with Crippen LogP contribution in [-0.2, 0) is 11.2 Å². The Hall–Kier alpha value is -2.47. The Labute approximate surface area is 134 Å². The van der Waals surface area contributed by atoms with Gasteiger partial charge in [-0.15, -0.1) is 0 Å². The third-order valence-electron chi connectivity index (χ3n) is 3.25. The maximum absolute atomic E-state index is 12.8. The maximum Gasteiger partial charge on any atom is 0.252 e. The zero-order chi connectivity index (χ0) is 16.5. The first-order valence-electron chi connectivity index (χ1n) is 7.40. The lowest BCUT2D eigenvalue weighted by molar-refractivity contribution is 0.0937. The van der Waals surface area contributed by atoms with Crippen molar-refractivity contribution in [3.05, 3.63) is 59.5 Å². The highest BCUT2D eigenvalue weighted by atomic mass is 19.1. The van der Waals surface area contributed by atoms with Gasteiger partial charge in [-0.2, -0.15) is 0 Å². The number of amides is 1. The second-order valence-corrected chi connectivity index (χ2v) is 4.98. The Morgan fingerprint density at radius 3 is 2.61 bits per heavy atom. The maximum atomic E-state index is 12.8. The number of hydrogen-bond acceptors (Lipinski definition) is 4. The summed E-state index contributed by atoms with van der Waals surface area (Å²) in [5.41, 5.74) is 1.55. The van der Waals surface area contributed by atoms with Crippen LogP contribution in [0.15, 0.2) is 42.6 Å². The Morgan fingerprint density at radius 1 is 1.17 bits per heavy atom. The molecule has 1 aromatic carbocycles. The lowest BCUT2D eigenvalue weighted by Crippen LogP contribution is -2.27. The van der Waals surface area contributed by atoms with Crippen molar-refractivity contribution in [2.75, 3.05) is 32.1 Å². The third kappa shape index (κ3) is 5.67. The van der Waals surface area contributed by atoms with Gasteiger partial charge in [-0.3, -0.25) is 4.79 Å². The predicted octanol–water partition coefficient (Wildman–Crippen LogP) is 2.25. The van der Waals surface area contributed by atoms with Crippen molar-refractivity contribution >= 4 is 11.7 Å². The number of pyridine rings is 1. The van der Waals surface area contributed by atoms with Crippen molar-refractivity contribution in [1.82, 2.24) is 10.3 Å². The van der Waals surface area contributed by atoms with Crippen LogP contribution in [0.1, 0.15) is 15.9 Å². The van der Waals surface area contributed by atoms with Gasteiger partial charge >= 0.3 is 0 Å². The molecule has 0 atom stereocenters. The fourth-order valence-corrected chi connectivity index (χ4v) is 1.99. The first-order valence-corrected chi connectivity index (χ1v) is 7.40. The molecule has 6 heteroatoms. The molecule has 1 amide bonds. The van der Waals surface area contributed by atoms with E-state index in [4.69, 9.17) is 4.74 Å². The van der Waals surface area contributed by atoms with E-state index in [1.165, 1.54) is 18.3 Å². The van der Waals surface area contributed by atoms with E-state index in [1.54, 1.807) is 31.4 Å². The number of carbonyl (C=O) groups is 1. The number of rotatable bonds is 8. The number of carbonyl (C=O) groups excluding carboxylic acids is 1. The summed E-state index contributed by atoms with van der Waals surface area (Å²) >= 11 is 0. The van der Waals surface area contributed by atoms with Gasteiger partial charge in [0.05, 0.1) is 12.2 Å². The van der Waals surface area contributed by atoms with Gasteiger partial charge in [0.1, 0.15) is 11.6 Å². The fraction of sp³-hybridized carbons (Fsp3) is 0.294. The average molecular weight is 317 g/mol. The highest BCUT2D eigenvalue weighted by Crippen LogP contribution is 2.07. The van der Waals surface area contributed by atoms with Crippen molar-refractivity contribution in [3.8, 4) is 0 Å². The lowest BCUT2D eigenvalue weighted by atomic mass is 10.1. The number of nitrogens with one attached hydrogen (secondary N) is 2. The molecule has 0 aliphatic rings. The molecule has 0 saturated carbocycles. The highest BCUT2D eigenvalue weighted by molar-refractivity contribution is 5.94. The molecule has 0 unspecified atom stereocenters. The summed E-state index contributed by atoms with van der Waals surface area (Å²) in [5.74, 6) is 0.288. The highest BCUT2D eigenvalue weighted by Gasteiger charge is 2.05. The molecule has 0 fully saturated rings. The second-order valence-electron chi connectivity index (χ2n) is 4.98.